The zero-order valence-corrected chi connectivity index (χ0v) is 14.9. The van der Waals surface area contributed by atoms with Crippen LogP contribution in [-0.4, -0.2) is 44.9 Å². The van der Waals surface area contributed by atoms with Crippen molar-refractivity contribution in [2.75, 3.05) is 26.3 Å². The Balaban J connectivity index is 1.70. The molecule has 0 radical (unpaired) electrons. The van der Waals surface area contributed by atoms with E-state index >= 15 is 0 Å². The number of nitrogens with two attached hydrogens (primary N) is 1. The Kier molecular flexibility index (Phi) is 5.55. The van der Waals surface area contributed by atoms with Gasteiger partial charge in [-0.05, 0) is 42.0 Å². The highest BCUT2D eigenvalue weighted by atomic mass is 32.2. The smallest absolute Gasteiger partial charge is 0.248 e. The molecule has 2 aromatic rings. The van der Waals surface area contributed by atoms with Crippen molar-refractivity contribution in [3.63, 3.8) is 0 Å². The molecule has 0 unspecified atom stereocenters. The van der Waals surface area contributed by atoms with Crippen molar-refractivity contribution in [3.8, 4) is 5.75 Å². The number of amides is 1. The molecule has 3 rings (SSSR count). The van der Waals surface area contributed by atoms with E-state index in [0.717, 1.165) is 5.56 Å². The van der Waals surface area contributed by atoms with Crippen LogP contribution in [-0.2, 0) is 21.4 Å². The number of rotatable bonds is 6. The third-order valence-corrected chi connectivity index (χ3v) is 5.95. The van der Waals surface area contributed by atoms with E-state index in [1.807, 2.05) is 0 Å². The number of carbonyl (C=O) groups excluding carboxylic acids is 1. The number of morpholine rings is 1. The van der Waals surface area contributed by atoms with Crippen LogP contribution in [0, 0.1) is 0 Å². The molecule has 2 aromatic carbocycles. The van der Waals surface area contributed by atoms with Gasteiger partial charge in [-0.25, -0.2) is 8.42 Å². The Bertz CT molecular complexity index is 875. The van der Waals surface area contributed by atoms with Gasteiger partial charge in [0.25, 0.3) is 0 Å². The summed E-state index contributed by atoms with van der Waals surface area (Å²) < 4.78 is 37.7. The molecule has 1 aliphatic rings. The lowest BCUT2D eigenvalue weighted by Gasteiger charge is -2.26. The maximum atomic E-state index is 12.7. The summed E-state index contributed by atoms with van der Waals surface area (Å²) in [5, 5.41) is 0. The molecule has 7 nitrogen and oxygen atoms in total. The zero-order valence-electron chi connectivity index (χ0n) is 14.1. The average molecular weight is 376 g/mol. The van der Waals surface area contributed by atoms with Gasteiger partial charge in [-0.1, -0.05) is 12.1 Å². The summed E-state index contributed by atoms with van der Waals surface area (Å²) in [5.74, 6) is 0.0639. The summed E-state index contributed by atoms with van der Waals surface area (Å²) in [6.07, 6.45) is 0. The first-order chi connectivity index (χ1) is 12.5. The number of nitrogens with zero attached hydrogens (tertiary/aromatic N) is 1. The van der Waals surface area contributed by atoms with Crippen LogP contribution in [0.2, 0.25) is 0 Å². The first kappa shape index (κ1) is 18.4. The molecule has 0 aromatic heterocycles. The Morgan fingerprint density at radius 3 is 2.46 bits per heavy atom. The van der Waals surface area contributed by atoms with Crippen LogP contribution in [0.5, 0.6) is 5.75 Å². The number of carbonyl (C=O) groups is 1. The van der Waals surface area contributed by atoms with Crippen LogP contribution in [0.4, 0.5) is 0 Å². The van der Waals surface area contributed by atoms with E-state index in [1.54, 1.807) is 48.5 Å². The summed E-state index contributed by atoms with van der Waals surface area (Å²) in [5.41, 5.74) is 6.33. The van der Waals surface area contributed by atoms with Crippen molar-refractivity contribution in [3.05, 3.63) is 59.7 Å². The molecule has 0 saturated carbocycles. The van der Waals surface area contributed by atoms with Gasteiger partial charge < -0.3 is 15.2 Å². The maximum Gasteiger partial charge on any atom is 0.248 e. The van der Waals surface area contributed by atoms with Crippen LogP contribution >= 0.6 is 0 Å². The van der Waals surface area contributed by atoms with Gasteiger partial charge in [0.05, 0.1) is 18.1 Å². The molecule has 0 atom stereocenters. The van der Waals surface area contributed by atoms with E-state index < -0.39 is 15.9 Å². The molecular weight excluding hydrogens is 356 g/mol. The van der Waals surface area contributed by atoms with Crippen LogP contribution in [0.25, 0.3) is 0 Å². The summed E-state index contributed by atoms with van der Waals surface area (Å²) >= 11 is 0. The van der Waals surface area contributed by atoms with Gasteiger partial charge in [0, 0.05) is 18.7 Å². The van der Waals surface area contributed by atoms with Crippen molar-refractivity contribution in [2.45, 2.75) is 11.5 Å². The summed E-state index contributed by atoms with van der Waals surface area (Å²) in [6, 6.07) is 13.1. The van der Waals surface area contributed by atoms with Gasteiger partial charge in [-0.3, -0.25) is 4.79 Å². The predicted molar refractivity (Wildman–Crippen MR) is 95.3 cm³/mol. The second-order valence-corrected chi connectivity index (χ2v) is 7.78. The second-order valence-electron chi connectivity index (χ2n) is 5.84. The fourth-order valence-electron chi connectivity index (χ4n) is 2.61. The van der Waals surface area contributed by atoms with Crippen LogP contribution < -0.4 is 10.5 Å². The molecule has 1 saturated heterocycles. The molecule has 1 aliphatic heterocycles. The topological polar surface area (TPSA) is 98.9 Å². The van der Waals surface area contributed by atoms with Crippen molar-refractivity contribution in [1.82, 2.24) is 4.31 Å². The number of hydrogen-bond donors (Lipinski definition) is 1. The van der Waals surface area contributed by atoms with E-state index in [-0.39, 0.29) is 11.5 Å². The number of primary amides is 1. The van der Waals surface area contributed by atoms with Gasteiger partial charge in [0.2, 0.25) is 15.9 Å². The fraction of sp³-hybridized carbons (Fsp3) is 0.278. The lowest BCUT2D eigenvalue weighted by Crippen LogP contribution is -2.40. The molecule has 1 amide bonds. The SMILES string of the molecule is NC(=O)c1ccc(OCc2cccc(S(=O)(=O)N3CCOCC3)c2)cc1. The van der Waals surface area contributed by atoms with Crippen molar-refractivity contribution >= 4 is 15.9 Å². The fourth-order valence-corrected chi connectivity index (χ4v) is 4.09. The van der Waals surface area contributed by atoms with E-state index in [1.165, 1.54) is 4.31 Å². The van der Waals surface area contributed by atoms with Crippen LogP contribution in [0.1, 0.15) is 15.9 Å². The first-order valence-corrected chi connectivity index (χ1v) is 9.60. The number of hydrogen-bond acceptors (Lipinski definition) is 5. The van der Waals surface area contributed by atoms with Gasteiger partial charge >= 0.3 is 0 Å². The summed E-state index contributed by atoms with van der Waals surface area (Å²) in [4.78, 5) is 11.3. The van der Waals surface area contributed by atoms with Crippen molar-refractivity contribution < 1.29 is 22.7 Å². The summed E-state index contributed by atoms with van der Waals surface area (Å²) in [7, 11) is -3.54. The minimum atomic E-state index is -3.54. The quantitative estimate of drug-likeness (QED) is 0.821. The molecule has 1 heterocycles. The standard InChI is InChI=1S/C18H20N2O5S/c19-18(21)15-4-6-16(7-5-15)25-13-14-2-1-3-17(12-14)26(22,23)20-8-10-24-11-9-20/h1-7,12H,8-11,13H2,(H2,19,21). The molecule has 0 spiro atoms. The third-order valence-electron chi connectivity index (χ3n) is 4.05. The average Bonchev–Trinajstić information content (AvgIpc) is 2.67. The number of ether oxygens (including phenoxy) is 2. The molecular formula is C18H20N2O5S. The molecule has 26 heavy (non-hydrogen) atoms. The number of sulfonamides is 1. The van der Waals surface area contributed by atoms with E-state index in [9.17, 15) is 13.2 Å². The largest absolute Gasteiger partial charge is 0.489 e. The van der Waals surface area contributed by atoms with E-state index in [4.69, 9.17) is 15.2 Å². The lowest BCUT2D eigenvalue weighted by atomic mass is 10.2. The normalized spacial score (nSPS) is 15.5. The zero-order chi connectivity index (χ0) is 18.6. The monoisotopic (exact) mass is 376 g/mol. The Morgan fingerprint density at radius 2 is 1.81 bits per heavy atom. The Morgan fingerprint density at radius 1 is 1.12 bits per heavy atom. The Hall–Kier alpha value is -2.42. The minimum Gasteiger partial charge on any atom is -0.489 e. The first-order valence-electron chi connectivity index (χ1n) is 8.16. The van der Waals surface area contributed by atoms with Crippen LogP contribution in [0.3, 0.4) is 0 Å². The van der Waals surface area contributed by atoms with Gasteiger partial charge in [-0.2, -0.15) is 4.31 Å². The Labute approximate surface area is 152 Å². The molecule has 1 fully saturated rings. The van der Waals surface area contributed by atoms with E-state index in [0.29, 0.717) is 37.6 Å². The lowest BCUT2D eigenvalue weighted by molar-refractivity contribution is 0.0730. The van der Waals surface area contributed by atoms with Crippen molar-refractivity contribution in [1.29, 1.82) is 0 Å². The predicted octanol–water partition coefficient (Wildman–Crippen LogP) is 1.39. The molecule has 138 valence electrons. The van der Waals surface area contributed by atoms with Gasteiger partial charge in [0.1, 0.15) is 12.4 Å². The highest BCUT2D eigenvalue weighted by molar-refractivity contribution is 7.89. The van der Waals surface area contributed by atoms with Crippen molar-refractivity contribution in [2.24, 2.45) is 5.73 Å². The number of benzene rings is 2. The van der Waals surface area contributed by atoms with Gasteiger partial charge in [-0.15, -0.1) is 0 Å². The molecule has 8 heteroatoms. The van der Waals surface area contributed by atoms with Crippen LogP contribution in [0.15, 0.2) is 53.4 Å². The second kappa shape index (κ2) is 7.86. The summed E-state index contributed by atoms with van der Waals surface area (Å²) in [6.45, 7) is 1.74. The maximum absolute atomic E-state index is 12.7. The molecule has 0 bridgehead atoms. The molecule has 0 aliphatic carbocycles. The highest BCUT2D eigenvalue weighted by Crippen LogP contribution is 2.20. The molecule has 2 N–H and O–H groups in total. The minimum absolute atomic E-state index is 0.211. The third kappa shape index (κ3) is 4.21. The van der Waals surface area contributed by atoms with E-state index in [2.05, 4.69) is 0 Å². The van der Waals surface area contributed by atoms with Gasteiger partial charge in [0.15, 0.2) is 0 Å². The highest BCUT2D eigenvalue weighted by Gasteiger charge is 2.26.